The van der Waals surface area contributed by atoms with Gasteiger partial charge in [-0.1, -0.05) is 6.08 Å². The highest BCUT2D eigenvalue weighted by Gasteiger charge is 2.44. The summed E-state index contributed by atoms with van der Waals surface area (Å²) in [6, 6.07) is -0.165. The zero-order valence-electron chi connectivity index (χ0n) is 13.8. The van der Waals surface area contributed by atoms with Crippen LogP contribution < -0.4 is 0 Å². The minimum Gasteiger partial charge on any atom is -0.443 e. The van der Waals surface area contributed by atoms with Gasteiger partial charge in [0, 0.05) is 30.0 Å². The van der Waals surface area contributed by atoms with Crippen molar-refractivity contribution in [3.63, 3.8) is 0 Å². The van der Waals surface area contributed by atoms with Crippen LogP contribution in [0.5, 0.6) is 0 Å². The Hall–Kier alpha value is -1.40. The van der Waals surface area contributed by atoms with Crippen LogP contribution in [-0.2, 0) is 10.3 Å². The van der Waals surface area contributed by atoms with Crippen LogP contribution in [-0.4, -0.2) is 32.7 Å². The lowest BCUT2D eigenvalue weighted by Gasteiger charge is -2.43. The summed E-state index contributed by atoms with van der Waals surface area (Å²) in [4.78, 5) is 18.4. The van der Waals surface area contributed by atoms with Crippen molar-refractivity contribution in [2.45, 2.75) is 64.7 Å². The number of likely N-dealkylation sites (tertiary alicyclic amines) is 1. The predicted octanol–water partition coefficient (Wildman–Crippen LogP) is 3.65. The van der Waals surface area contributed by atoms with Crippen LogP contribution in [0.4, 0.5) is 4.79 Å². The van der Waals surface area contributed by atoms with E-state index in [2.05, 4.69) is 4.98 Å². The summed E-state index contributed by atoms with van der Waals surface area (Å²) >= 11 is 1.46. The van der Waals surface area contributed by atoms with Crippen molar-refractivity contribution in [1.82, 2.24) is 9.88 Å². The third-order valence-corrected chi connectivity index (χ3v) is 4.28. The van der Waals surface area contributed by atoms with Crippen LogP contribution in [0.15, 0.2) is 22.7 Å². The Balaban J connectivity index is 2.25. The number of hydrogen-bond donors (Lipinski definition) is 1. The minimum atomic E-state index is -1.03. The molecule has 6 heteroatoms. The lowest BCUT2D eigenvalue weighted by atomic mass is 9.83. The molecule has 1 fully saturated rings. The second-order valence-corrected chi connectivity index (χ2v) is 7.48. The van der Waals surface area contributed by atoms with Crippen LogP contribution in [0.1, 0.15) is 53.2 Å². The summed E-state index contributed by atoms with van der Waals surface area (Å²) in [7, 11) is 0. The van der Waals surface area contributed by atoms with Crippen molar-refractivity contribution in [3.05, 3.63) is 28.4 Å². The van der Waals surface area contributed by atoms with Gasteiger partial charge in [-0.3, -0.25) is 4.90 Å². The molecule has 1 amide bonds. The number of ether oxygens (including phenoxy) is 1. The van der Waals surface area contributed by atoms with Crippen LogP contribution in [0.2, 0.25) is 0 Å². The van der Waals surface area contributed by atoms with Crippen molar-refractivity contribution in [2.75, 3.05) is 0 Å². The highest BCUT2D eigenvalue weighted by atomic mass is 32.1. The van der Waals surface area contributed by atoms with Gasteiger partial charge in [-0.2, -0.15) is 0 Å². The fourth-order valence-corrected chi connectivity index (χ4v) is 3.45. The molecule has 0 spiro atoms. The molecule has 0 radical (unpaired) electrons. The monoisotopic (exact) mass is 324 g/mol. The summed E-state index contributed by atoms with van der Waals surface area (Å²) < 4.78 is 5.49. The van der Waals surface area contributed by atoms with Gasteiger partial charge in [-0.15, -0.1) is 11.3 Å². The second-order valence-electron chi connectivity index (χ2n) is 6.77. The number of aromatic nitrogens is 1. The van der Waals surface area contributed by atoms with E-state index in [0.29, 0.717) is 18.5 Å². The minimum absolute atomic E-state index is 0.165. The molecule has 1 aliphatic rings. The standard InChI is InChI=1S/C16H24N2O3S/c1-6-12-8-16(20,13-9-22-10-17-13)7-11(2)18(12)14(19)21-15(3,4)5/h6,9-11,20H,7-8H2,1-5H3/b12-6-. The van der Waals surface area contributed by atoms with Gasteiger partial charge >= 0.3 is 6.09 Å². The molecule has 1 saturated heterocycles. The lowest BCUT2D eigenvalue weighted by Crippen LogP contribution is -2.50. The van der Waals surface area contributed by atoms with Gasteiger partial charge in [0.25, 0.3) is 0 Å². The number of hydrogen-bond acceptors (Lipinski definition) is 5. The fourth-order valence-electron chi connectivity index (χ4n) is 2.81. The number of thiazole rings is 1. The van der Waals surface area contributed by atoms with E-state index in [9.17, 15) is 9.90 Å². The molecule has 1 N–H and O–H groups in total. The maximum absolute atomic E-state index is 12.5. The lowest BCUT2D eigenvalue weighted by molar-refractivity contribution is -0.0383. The zero-order chi connectivity index (χ0) is 16.5. The van der Waals surface area contributed by atoms with Crippen molar-refractivity contribution in [1.29, 1.82) is 0 Å². The molecule has 2 atom stereocenters. The fraction of sp³-hybridized carbons (Fsp3) is 0.625. The van der Waals surface area contributed by atoms with E-state index in [1.807, 2.05) is 46.1 Å². The van der Waals surface area contributed by atoms with E-state index < -0.39 is 11.2 Å². The Morgan fingerprint density at radius 3 is 2.77 bits per heavy atom. The smallest absolute Gasteiger partial charge is 0.414 e. The van der Waals surface area contributed by atoms with E-state index in [0.717, 1.165) is 5.70 Å². The molecule has 0 saturated carbocycles. The Morgan fingerprint density at radius 1 is 1.59 bits per heavy atom. The number of allylic oxidation sites excluding steroid dienone is 1. The molecule has 2 rings (SSSR count). The summed E-state index contributed by atoms with van der Waals surface area (Å²) in [5.41, 5.74) is 1.59. The molecule has 2 unspecified atom stereocenters. The van der Waals surface area contributed by atoms with Gasteiger partial charge in [0.1, 0.15) is 11.2 Å². The molecule has 0 bridgehead atoms. The van der Waals surface area contributed by atoms with E-state index in [1.165, 1.54) is 11.3 Å². The molecule has 0 aliphatic carbocycles. The van der Waals surface area contributed by atoms with Gasteiger partial charge in [0.05, 0.1) is 11.2 Å². The molecular weight excluding hydrogens is 300 g/mol. The number of nitrogens with zero attached hydrogens (tertiary/aromatic N) is 2. The largest absolute Gasteiger partial charge is 0.443 e. The van der Waals surface area contributed by atoms with Crippen LogP contribution in [0, 0.1) is 0 Å². The molecule has 2 heterocycles. The number of piperidine rings is 1. The maximum Gasteiger partial charge on any atom is 0.414 e. The first-order valence-electron chi connectivity index (χ1n) is 7.45. The number of carbonyl (C=O) groups excluding carboxylic acids is 1. The highest BCUT2D eigenvalue weighted by Crippen LogP contribution is 2.40. The van der Waals surface area contributed by atoms with Crippen molar-refractivity contribution in [2.24, 2.45) is 0 Å². The topological polar surface area (TPSA) is 62.7 Å². The first-order valence-corrected chi connectivity index (χ1v) is 8.39. The molecule has 1 aromatic heterocycles. The predicted molar refractivity (Wildman–Crippen MR) is 86.5 cm³/mol. The van der Waals surface area contributed by atoms with E-state index >= 15 is 0 Å². The van der Waals surface area contributed by atoms with Gasteiger partial charge in [-0.05, 0) is 34.6 Å². The van der Waals surface area contributed by atoms with Crippen molar-refractivity contribution in [3.8, 4) is 0 Å². The third kappa shape index (κ3) is 3.50. The molecule has 0 aromatic carbocycles. The quantitative estimate of drug-likeness (QED) is 0.856. The van der Waals surface area contributed by atoms with Crippen molar-refractivity contribution < 1.29 is 14.6 Å². The number of carbonyl (C=O) groups is 1. The Kier molecular flexibility index (Phi) is 4.63. The van der Waals surface area contributed by atoms with E-state index in [4.69, 9.17) is 4.74 Å². The van der Waals surface area contributed by atoms with Gasteiger partial charge in [0.2, 0.25) is 0 Å². The van der Waals surface area contributed by atoms with Crippen LogP contribution in [0.3, 0.4) is 0 Å². The second kappa shape index (κ2) is 6.01. The molecule has 5 nitrogen and oxygen atoms in total. The van der Waals surface area contributed by atoms with Gasteiger partial charge in [0.15, 0.2) is 0 Å². The Morgan fingerprint density at radius 2 is 2.27 bits per heavy atom. The first kappa shape index (κ1) is 17.0. The summed E-state index contributed by atoms with van der Waals surface area (Å²) in [5, 5.41) is 12.8. The van der Waals surface area contributed by atoms with Crippen LogP contribution in [0.25, 0.3) is 0 Å². The third-order valence-electron chi connectivity index (χ3n) is 3.69. The van der Waals surface area contributed by atoms with E-state index in [1.54, 1.807) is 10.4 Å². The SMILES string of the molecule is C/C=C1/CC(O)(c2cscn2)CC(C)N1C(=O)OC(C)(C)C. The van der Waals surface area contributed by atoms with Gasteiger partial charge < -0.3 is 9.84 Å². The molecule has 22 heavy (non-hydrogen) atoms. The summed E-state index contributed by atoms with van der Waals surface area (Å²) in [6.45, 7) is 9.33. The van der Waals surface area contributed by atoms with Gasteiger partial charge in [-0.25, -0.2) is 9.78 Å². The Bertz CT molecular complexity index is 562. The highest BCUT2D eigenvalue weighted by molar-refractivity contribution is 7.07. The van der Waals surface area contributed by atoms with E-state index in [-0.39, 0.29) is 12.1 Å². The molecule has 1 aliphatic heterocycles. The average Bonchev–Trinajstić information content (AvgIpc) is 2.89. The molecule has 1 aromatic rings. The first-order chi connectivity index (χ1) is 10.2. The number of amides is 1. The summed E-state index contributed by atoms with van der Waals surface area (Å²) in [5.74, 6) is 0. The normalized spacial score (nSPS) is 28.0. The Labute approximate surface area is 135 Å². The molecular formula is C16H24N2O3S. The average molecular weight is 324 g/mol. The molecule has 122 valence electrons. The van der Waals surface area contributed by atoms with Crippen molar-refractivity contribution >= 4 is 17.4 Å². The maximum atomic E-state index is 12.5. The number of rotatable bonds is 1. The number of aliphatic hydroxyl groups is 1. The summed E-state index contributed by atoms with van der Waals surface area (Å²) in [6.07, 6.45) is 2.29. The zero-order valence-corrected chi connectivity index (χ0v) is 14.6. The van der Waals surface area contributed by atoms with Crippen LogP contribution >= 0.6 is 11.3 Å².